The average Bonchev–Trinajstić information content (AvgIpc) is 2.00. The van der Waals surface area contributed by atoms with Gasteiger partial charge in [-0.2, -0.15) is 0 Å². The first-order chi connectivity index (χ1) is 6.73. The molecule has 0 heterocycles. The van der Waals surface area contributed by atoms with E-state index in [9.17, 15) is 26.0 Å². The van der Waals surface area contributed by atoms with E-state index >= 15 is 0 Å². The van der Waals surface area contributed by atoms with Crippen LogP contribution in [0.5, 0.6) is 0 Å². The van der Waals surface area contributed by atoms with Crippen LogP contribution < -0.4 is 5.14 Å². The van der Waals surface area contributed by atoms with Crippen LogP contribution in [0.4, 0.5) is 17.6 Å². The predicted molar refractivity (Wildman–Crippen MR) is 42.7 cm³/mol. The summed E-state index contributed by atoms with van der Waals surface area (Å²) in [6.45, 7) is 0. The van der Waals surface area contributed by atoms with Gasteiger partial charge in [0, 0.05) is 6.07 Å². The van der Waals surface area contributed by atoms with Crippen LogP contribution in [0.3, 0.4) is 0 Å². The number of primary sulfonamides is 1. The summed E-state index contributed by atoms with van der Waals surface area (Å²) in [7, 11) is -4.48. The minimum Gasteiger partial charge on any atom is -0.225 e. The first-order valence-electron chi connectivity index (χ1n) is 3.53. The molecule has 84 valence electrons. The molecule has 0 radical (unpaired) electrons. The Hall–Kier alpha value is -1.15. The fourth-order valence-electron chi connectivity index (χ4n) is 0.930. The van der Waals surface area contributed by atoms with Crippen molar-refractivity contribution < 1.29 is 26.0 Å². The summed E-state index contributed by atoms with van der Waals surface area (Å²) < 4.78 is 71.2. The lowest BCUT2D eigenvalue weighted by atomic mass is 10.2. The van der Waals surface area contributed by atoms with Crippen molar-refractivity contribution in [2.75, 3.05) is 0 Å². The highest BCUT2D eigenvalue weighted by Crippen LogP contribution is 2.26. The van der Waals surface area contributed by atoms with Gasteiger partial charge in [0.1, 0.15) is 16.5 Å². The van der Waals surface area contributed by atoms with E-state index in [-0.39, 0.29) is 12.1 Å². The number of alkyl halides is 2. The standard InChI is InChI=1S/C7H5F4NO2S/c8-4-2-5(9)6(15(12,13)14)1-3(4)7(10)11/h1-2,7H,(H2,12,13,14). The number of hydrogen-bond acceptors (Lipinski definition) is 2. The fourth-order valence-corrected chi connectivity index (χ4v) is 1.55. The van der Waals surface area contributed by atoms with Gasteiger partial charge >= 0.3 is 0 Å². The summed E-state index contributed by atoms with van der Waals surface area (Å²) in [6.07, 6.45) is -3.24. The highest BCUT2D eigenvalue weighted by Gasteiger charge is 2.22. The molecule has 1 aromatic carbocycles. The van der Waals surface area contributed by atoms with Crippen LogP contribution in [0.25, 0.3) is 0 Å². The maximum absolute atomic E-state index is 12.8. The molecule has 0 saturated carbocycles. The van der Waals surface area contributed by atoms with E-state index in [1.54, 1.807) is 0 Å². The lowest BCUT2D eigenvalue weighted by Crippen LogP contribution is -2.15. The SMILES string of the molecule is NS(=O)(=O)c1cc(C(F)F)c(F)cc1F. The van der Waals surface area contributed by atoms with Gasteiger partial charge in [-0.05, 0) is 6.07 Å². The molecule has 0 fully saturated rings. The minimum atomic E-state index is -4.48. The van der Waals surface area contributed by atoms with Crippen LogP contribution in [0.15, 0.2) is 17.0 Å². The van der Waals surface area contributed by atoms with Gasteiger partial charge in [-0.25, -0.2) is 31.1 Å². The Labute approximate surface area is 82.6 Å². The first kappa shape index (κ1) is 11.9. The number of sulfonamides is 1. The van der Waals surface area contributed by atoms with Crippen LogP contribution in [0.2, 0.25) is 0 Å². The Morgan fingerprint density at radius 3 is 2.07 bits per heavy atom. The third-order valence-corrected chi connectivity index (χ3v) is 2.52. The molecule has 0 aliphatic rings. The van der Waals surface area contributed by atoms with Crippen molar-refractivity contribution in [1.29, 1.82) is 0 Å². The number of nitrogens with two attached hydrogens (primary N) is 1. The van der Waals surface area contributed by atoms with Crippen molar-refractivity contribution >= 4 is 10.0 Å². The zero-order valence-corrected chi connectivity index (χ0v) is 7.86. The van der Waals surface area contributed by atoms with Crippen molar-refractivity contribution in [2.24, 2.45) is 5.14 Å². The second-order valence-corrected chi connectivity index (χ2v) is 4.18. The van der Waals surface area contributed by atoms with E-state index < -0.39 is 38.5 Å². The molecule has 3 nitrogen and oxygen atoms in total. The Balaban J connectivity index is 3.50. The summed E-state index contributed by atoms with van der Waals surface area (Å²) in [6, 6.07) is 0.242. The molecule has 1 aromatic rings. The quantitative estimate of drug-likeness (QED) is 0.801. The second-order valence-electron chi connectivity index (χ2n) is 2.65. The smallest absolute Gasteiger partial charge is 0.225 e. The molecule has 1 rings (SSSR count). The molecule has 0 atom stereocenters. The molecule has 0 amide bonds. The maximum Gasteiger partial charge on any atom is 0.266 e. The van der Waals surface area contributed by atoms with Crippen molar-refractivity contribution in [3.05, 3.63) is 29.3 Å². The molecular formula is C7H5F4NO2S. The molecule has 0 unspecified atom stereocenters. The molecular weight excluding hydrogens is 238 g/mol. The van der Waals surface area contributed by atoms with Gasteiger partial charge in [0.2, 0.25) is 10.0 Å². The number of halogens is 4. The Kier molecular flexibility index (Phi) is 3.00. The predicted octanol–water partition coefficient (Wildman–Crippen LogP) is 1.55. The fraction of sp³-hybridized carbons (Fsp3) is 0.143. The van der Waals surface area contributed by atoms with Crippen molar-refractivity contribution in [1.82, 2.24) is 0 Å². The lowest BCUT2D eigenvalue weighted by molar-refractivity contribution is 0.145. The van der Waals surface area contributed by atoms with Gasteiger partial charge in [-0.1, -0.05) is 0 Å². The Bertz CT molecular complexity index is 486. The van der Waals surface area contributed by atoms with Crippen LogP contribution >= 0.6 is 0 Å². The lowest BCUT2D eigenvalue weighted by Gasteiger charge is -2.05. The summed E-state index contributed by atoms with van der Waals surface area (Å²) in [4.78, 5) is -1.15. The highest BCUT2D eigenvalue weighted by molar-refractivity contribution is 7.89. The number of hydrogen-bond donors (Lipinski definition) is 1. The second kappa shape index (κ2) is 3.78. The molecule has 0 spiro atoms. The number of rotatable bonds is 2. The van der Waals surface area contributed by atoms with E-state index in [4.69, 9.17) is 0 Å². The van der Waals surface area contributed by atoms with Crippen LogP contribution in [-0.2, 0) is 10.0 Å². The molecule has 2 N–H and O–H groups in total. The minimum absolute atomic E-state index is 0.0568. The van der Waals surface area contributed by atoms with Gasteiger partial charge in [0.05, 0.1) is 5.56 Å². The van der Waals surface area contributed by atoms with E-state index in [1.165, 1.54) is 0 Å². The summed E-state index contributed by atoms with van der Waals surface area (Å²) >= 11 is 0. The summed E-state index contributed by atoms with van der Waals surface area (Å²) in [5.41, 5.74) is -1.21. The first-order valence-corrected chi connectivity index (χ1v) is 5.08. The molecule has 0 aliphatic heterocycles. The normalized spacial score (nSPS) is 12.1. The van der Waals surface area contributed by atoms with Gasteiger partial charge in [0.15, 0.2) is 0 Å². The zero-order valence-electron chi connectivity index (χ0n) is 7.05. The van der Waals surface area contributed by atoms with Gasteiger partial charge < -0.3 is 0 Å². The summed E-state index contributed by atoms with van der Waals surface area (Å²) in [5.74, 6) is -3.02. The molecule has 0 aromatic heterocycles. The van der Waals surface area contributed by atoms with E-state index in [2.05, 4.69) is 5.14 Å². The van der Waals surface area contributed by atoms with Crippen LogP contribution in [-0.4, -0.2) is 8.42 Å². The van der Waals surface area contributed by atoms with Crippen molar-refractivity contribution in [2.45, 2.75) is 11.3 Å². The van der Waals surface area contributed by atoms with Crippen LogP contribution in [0, 0.1) is 11.6 Å². The average molecular weight is 243 g/mol. The Morgan fingerprint density at radius 2 is 1.67 bits per heavy atom. The molecule has 15 heavy (non-hydrogen) atoms. The number of benzene rings is 1. The molecule has 0 aliphatic carbocycles. The largest absolute Gasteiger partial charge is 0.266 e. The maximum atomic E-state index is 12.8. The van der Waals surface area contributed by atoms with E-state index in [0.717, 1.165) is 0 Å². The van der Waals surface area contributed by atoms with Gasteiger partial charge in [-0.15, -0.1) is 0 Å². The van der Waals surface area contributed by atoms with Crippen molar-refractivity contribution in [3.63, 3.8) is 0 Å². The molecule has 0 saturated heterocycles. The molecule has 8 heteroatoms. The summed E-state index contributed by atoms with van der Waals surface area (Å²) in [5, 5.41) is 4.54. The highest BCUT2D eigenvalue weighted by atomic mass is 32.2. The van der Waals surface area contributed by atoms with E-state index in [1.807, 2.05) is 0 Å². The zero-order chi connectivity index (χ0) is 11.8. The van der Waals surface area contributed by atoms with Gasteiger partial charge in [0.25, 0.3) is 6.43 Å². The third-order valence-electron chi connectivity index (χ3n) is 1.59. The van der Waals surface area contributed by atoms with Crippen molar-refractivity contribution in [3.8, 4) is 0 Å². The van der Waals surface area contributed by atoms with E-state index in [0.29, 0.717) is 0 Å². The topological polar surface area (TPSA) is 60.2 Å². The third kappa shape index (κ3) is 2.45. The van der Waals surface area contributed by atoms with Gasteiger partial charge in [-0.3, -0.25) is 0 Å². The Morgan fingerprint density at radius 1 is 1.13 bits per heavy atom. The monoisotopic (exact) mass is 243 g/mol. The van der Waals surface area contributed by atoms with Crippen LogP contribution in [0.1, 0.15) is 12.0 Å². The molecule has 0 bridgehead atoms.